The van der Waals surface area contributed by atoms with Crippen molar-refractivity contribution in [1.82, 2.24) is 0 Å². The molecule has 0 bridgehead atoms. The molecule has 1 aliphatic heterocycles. The number of benzene rings is 1. The summed E-state index contributed by atoms with van der Waals surface area (Å²) in [5.74, 6) is -0.327. The molecule has 22 heavy (non-hydrogen) atoms. The lowest BCUT2D eigenvalue weighted by molar-refractivity contribution is -0.143. The number of rotatable bonds is 3. The Balaban J connectivity index is 1.81. The van der Waals surface area contributed by atoms with E-state index in [1.54, 1.807) is 31.4 Å². The van der Waals surface area contributed by atoms with Gasteiger partial charge in [-0.15, -0.1) is 0 Å². The van der Waals surface area contributed by atoms with Crippen molar-refractivity contribution >= 4 is 11.8 Å². The minimum atomic E-state index is -0.628. The molecule has 2 fully saturated rings. The summed E-state index contributed by atoms with van der Waals surface area (Å²) in [6, 6.07) is 6.96. The standard InChI is InChI=1S/C18H22O4/c1-21-13-10-8-12(9-11-13)17(19)16-14-6-4-2-3-5-7-15(14)22-18(16)20/h8-11,14-16H,2-7H2,1H3/t14-,15-,16-/m1/s1. The van der Waals surface area contributed by atoms with Crippen molar-refractivity contribution in [2.24, 2.45) is 11.8 Å². The van der Waals surface area contributed by atoms with Crippen LogP contribution in [0, 0.1) is 11.8 Å². The Kier molecular flexibility index (Phi) is 4.46. The molecule has 0 N–H and O–H groups in total. The molecule has 1 aromatic rings. The second kappa shape index (κ2) is 6.51. The van der Waals surface area contributed by atoms with Gasteiger partial charge in [-0.2, -0.15) is 0 Å². The van der Waals surface area contributed by atoms with Crippen molar-refractivity contribution in [3.8, 4) is 5.75 Å². The van der Waals surface area contributed by atoms with Crippen LogP contribution in [0.1, 0.15) is 48.9 Å². The van der Waals surface area contributed by atoms with E-state index in [2.05, 4.69) is 0 Å². The van der Waals surface area contributed by atoms with Crippen LogP contribution in [0.3, 0.4) is 0 Å². The molecule has 1 saturated carbocycles. The summed E-state index contributed by atoms with van der Waals surface area (Å²) in [5.41, 5.74) is 0.561. The molecule has 0 unspecified atom stereocenters. The van der Waals surface area contributed by atoms with Crippen molar-refractivity contribution in [1.29, 1.82) is 0 Å². The molecule has 1 saturated heterocycles. The van der Waals surface area contributed by atoms with Gasteiger partial charge in [0.2, 0.25) is 0 Å². The van der Waals surface area contributed by atoms with E-state index in [1.807, 2.05) is 0 Å². The summed E-state index contributed by atoms with van der Waals surface area (Å²) in [7, 11) is 1.59. The van der Waals surface area contributed by atoms with Crippen LogP contribution in [0.5, 0.6) is 5.75 Å². The van der Waals surface area contributed by atoms with E-state index in [9.17, 15) is 9.59 Å². The van der Waals surface area contributed by atoms with Crippen LogP contribution in [0.25, 0.3) is 0 Å². The van der Waals surface area contributed by atoms with E-state index < -0.39 is 5.92 Å². The van der Waals surface area contributed by atoms with Gasteiger partial charge in [-0.1, -0.05) is 19.3 Å². The van der Waals surface area contributed by atoms with Gasteiger partial charge < -0.3 is 9.47 Å². The highest BCUT2D eigenvalue weighted by molar-refractivity contribution is 6.09. The van der Waals surface area contributed by atoms with Crippen LogP contribution in [0.2, 0.25) is 0 Å². The number of hydrogen-bond acceptors (Lipinski definition) is 4. The monoisotopic (exact) mass is 302 g/mol. The summed E-state index contributed by atoms with van der Waals surface area (Å²) >= 11 is 0. The molecule has 118 valence electrons. The van der Waals surface area contributed by atoms with E-state index in [4.69, 9.17) is 9.47 Å². The number of ketones is 1. The average molecular weight is 302 g/mol. The fraction of sp³-hybridized carbons (Fsp3) is 0.556. The molecule has 0 amide bonds. The van der Waals surface area contributed by atoms with Gasteiger partial charge in [0.1, 0.15) is 17.8 Å². The normalized spacial score (nSPS) is 28.2. The van der Waals surface area contributed by atoms with Gasteiger partial charge in [-0.3, -0.25) is 9.59 Å². The van der Waals surface area contributed by atoms with Crippen molar-refractivity contribution in [3.05, 3.63) is 29.8 Å². The highest BCUT2D eigenvalue weighted by Gasteiger charge is 2.48. The van der Waals surface area contributed by atoms with Crippen molar-refractivity contribution in [2.75, 3.05) is 7.11 Å². The fourth-order valence-electron chi connectivity index (χ4n) is 3.64. The smallest absolute Gasteiger partial charge is 0.317 e. The Labute approximate surface area is 130 Å². The number of hydrogen-bond donors (Lipinski definition) is 0. The molecule has 4 nitrogen and oxygen atoms in total. The molecule has 3 atom stereocenters. The van der Waals surface area contributed by atoms with Gasteiger partial charge in [0.25, 0.3) is 0 Å². The van der Waals surface area contributed by atoms with Gasteiger partial charge in [-0.05, 0) is 43.5 Å². The molecule has 1 aliphatic carbocycles. The Morgan fingerprint density at radius 3 is 2.45 bits per heavy atom. The zero-order valence-corrected chi connectivity index (χ0v) is 12.9. The maximum absolute atomic E-state index is 12.8. The quantitative estimate of drug-likeness (QED) is 0.488. The van der Waals surface area contributed by atoms with Crippen LogP contribution >= 0.6 is 0 Å². The van der Waals surface area contributed by atoms with Gasteiger partial charge >= 0.3 is 5.97 Å². The maximum atomic E-state index is 12.8. The third-order valence-corrected chi connectivity index (χ3v) is 4.86. The number of Topliss-reactive ketones (excluding diaryl/α,β-unsaturated/α-hetero) is 1. The van der Waals surface area contributed by atoms with Gasteiger partial charge in [-0.25, -0.2) is 0 Å². The SMILES string of the molecule is COc1ccc(C(=O)[C@@H]2C(=O)O[C@@H]3CCCCCC[C@@H]23)cc1. The Bertz CT molecular complexity index is 549. The molecular weight excluding hydrogens is 280 g/mol. The molecule has 2 aliphatic rings. The first-order valence-electron chi connectivity index (χ1n) is 8.09. The third-order valence-electron chi connectivity index (χ3n) is 4.86. The van der Waals surface area contributed by atoms with Crippen LogP contribution in [-0.2, 0) is 9.53 Å². The predicted octanol–water partition coefficient (Wildman–Crippen LogP) is 3.39. The highest BCUT2D eigenvalue weighted by Crippen LogP contribution is 2.38. The number of fused-ring (bicyclic) bond motifs is 1. The van der Waals surface area contributed by atoms with E-state index in [0.717, 1.165) is 25.7 Å². The van der Waals surface area contributed by atoms with Crippen molar-refractivity contribution < 1.29 is 19.1 Å². The second-order valence-electron chi connectivity index (χ2n) is 6.20. The number of carbonyl (C=O) groups excluding carboxylic acids is 2. The molecule has 4 heteroatoms. The summed E-state index contributed by atoms with van der Waals surface area (Å²) in [4.78, 5) is 25.0. The zero-order chi connectivity index (χ0) is 15.5. The summed E-state index contributed by atoms with van der Waals surface area (Å²) in [6.45, 7) is 0. The summed E-state index contributed by atoms with van der Waals surface area (Å²) in [5, 5.41) is 0. The molecule has 0 radical (unpaired) electrons. The Hall–Kier alpha value is -1.84. The first-order valence-corrected chi connectivity index (χ1v) is 8.09. The van der Waals surface area contributed by atoms with E-state index >= 15 is 0 Å². The number of carbonyl (C=O) groups is 2. The van der Waals surface area contributed by atoms with E-state index in [1.165, 1.54) is 12.8 Å². The van der Waals surface area contributed by atoms with Crippen molar-refractivity contribution in [2.45, 2.75) is 44.6 Å². The summed E-state index contributed by atoms with van der Waals surface area (Å²) in [6.07, 6.45) is 6.26. The predicted molar refractivity (Wildman–Crippen MR) is 81.9 cm³/mol. The minimum absolute atomic E-state index is 0.0439. The first-order chi connectivity index (χ1) is 10.7. The molecule has 0 aromatic heterocycles. The van der Waals surface area contributed by atoms with Gasteiger partial charge in [0, 0.05) is 11.5 Å². The Morgan fingerprint density at radius 2 is 1.77 bits per heavy atom. The van der Waals surface area contributed by atoms with Crippen LogP contribution in [0.4, 0.5) is 0 Å². The first kappa shape index (κ1) is 15.1. The molecule has 0 spiro atoms. The number of methoxy groups -OCH3 is 1. The lowest BCUT2D eigenvalue weighted by Gasteiger charge is -2.22. The van der Waals surface area contributed by atoms with Crippen LogP contribution in [0.15, 0.2) is 24.3 Å². The molecular formula is C18H22O4. The van der Waals surface area contributed by atoms with E-state index in [-0.39, 0.29) is 23.8 Å². The third kappa shape index (κ3) is 2.87. The topological polar surface area (TPSA) is 52.6 Å². The van der Waals surface area contributed by atoms with Gasteiger partial charge in [0.15, 0.2) is 5.78 Å². The second-order valence-corrected chi connectivity index (χ2v) is 6.20. The largest absolute Gasteiger partial charge is 0.497 e. The lowest BCUT2D eigenvalue weighted by Crippen LogP contribution is -2.28. The van der Waals surface area contributed by atoms with Crippen LogP contribution in [-0.4, -0.2) is 25.0 Å². The minimum Gasteiger partial charge on any atom is -0.497 e. The Morgan fingerprint density at radius 1 is 1.09 bits per heavy atom. The highest BCUT2D eigenvalue weighted by atomic mass is 16.6. The molecule has 3 rings (SSSR count). The lowest BCUT2D eigenvalue weighted by atomic mass is 9.79. The average Bonchev–Trinajstić information content (AvgIpc) is 2.82. The summed E-state index contributed by atoms with van der Waals surface area (Å²) < 4.78 is 10.6. The number of esters is 1. The van der Waals surface area contributed by atoms with E-state index in [0.29, 0.717) is 11.3 Å². The molecule has 1 heterocycles. The zero-order valence-electron chi connectivity index (χ0n) is 12.9. The fourth-order valence-corrected chi connectivity index (χ4v) is 3.64. The maximum Gasteiger partial charge on any atom is 0.317 e. The molecule has 1 aromatic carbocycles. The van der Waals surface area contributed by atoms with Gasteiger partial charge in [0.05, 0.1) is 7.11 Å². The number of ether oxygens (including phenoxy) is 2. The van der Waals surface area contributed by atoms with Crippen molar-refractivity contribution in [3.63, 3.8) is 0 Å². The van der Waals surface area contributed by atoms with Crippen LogP contribution < -0.4 is 4.74 Å².